The van der Waals surface area contributed by atoms with Crippen LogP contribution in [0.15, 0.2) is 0 Å². The number of carbonyl (C=O) groups is 1. The summed E-state index contributed by atoms with van der Waals surface area (Å²) in [5, 5.41) is 2.39. The van der Waals surface area contributed by atoms with Crippen LogP contribution < -0.4 is 24.2 Å². The Labute approximate surface area is 49.5 Å². The molecule has 0 rings (SSSR count). The Balaban J connectivity index is 0. The smallest absolute Gasteiger partial charge is 0.359 e. The van der Waals surface area contributed by atoms with Gasteiger partial charge in [-0.15, -0.1) is 0 Å². The molecule has 0 fully saturated rings. The van der Waals surface area contributed by atoms with Gasteiger partial charge in [-0.2, -0.15) is 0 Å². The first-order valence-corrected chi connectivity index (χ1v) is 1.45. The van der Waals surface area contributed by atoms with E-state index in [2.05, 4.69) is 5.32 Å². The molecular formula is C3H7LiNO+. The molecule has 0 radical (unpaired) electrons. The number of rotatable bonds is 0. The zero-order chi connectivity index (χ0) is 4.28. The van der Waals surface area contributed by atoms with E-state index in [-0.39, 0.29) is 24.8 Å². The van der Waals surface area contributed by atoms with Gasteiger partial charge in [0.2, 0.25) is 5.91 Å². The van der Waals surface area contributed by atoms with Crippen LogP contribution in [0.5, 0.6) is 0 Å². The van der Waals surface area contributed by atoms with Crippen LogP contribution in [-0.2, 0) is 4.79 Å². The van der Waals surface area contributed by atoms with Gasteiger partial charge in [0.1, 0.15) is 0 Å². The summed E-state index contributed by atoms with van der Waals surface area (Å²) in [6.45, 7) is 1.47. The van der Waals surface area contributed by atoms with Crippen molar-refractivity contribution in [2.24, 2.45) is 0 Å². The van der Waals surface area contributed by atoms with Gasteiger partial charge >= 0.3 is 18.9 Å². The van der Waals surface area contributed by atoms with Crippen LogP contribution in [0.1, 0.15) is 6.92 Å². The van der Waals surface area contributed by atoms with Crippen molar-refractivity contribution < 1.29 is 23.7 Å². The number of nitrogens with one attached hydrogen (secondary N) is 1. The third-order valence-corrected chi connectivity index (χ3v) is 0.352. The molecule has 1 amide bonds. The number of hydrogen-bond acceptors (Lipinski definition) is 1. The van der Waals surface area contributed by atoms with Gasteiger partial charge in [0.15, 0.2) is 0 Å². The Morgan fingerprint density at radius 2 is 1.83 bits per heavy atom. The predicted octanol–water partition coefficient (Wildman–Crippen LogP) is -3.24. The van der Waals surface area contributed by atoms with Gasteiger partial charge in [0, 0.05) is 14.0 Å². The minimum Gasteiger partial charge on any atom is -0.359 e. The van der Waals surface area contributed by atoms with Crippen LogP contribution >= 0.6 is 0 Å². The Morgan fingerprint density at radius 1 is 1.67 bits per heavy atom. The molecule has 0 aromatic rings. The molecule has 0 saturated heterocycles. The third kappa shape index (κ3) is 8.95. The standard InChI is InChI=1S/C3H7NO.Li/c1-3(5)4-2;/h1-2H3,(H,4,5);/q;+1. The number of carbonyl (C=O) groups excluding carboxylic acids is 1. The van der Waals surface area contributed by atoms with Crippen molar-refractivity contribution in [1.82, 2.24) is 5.32 Å². The van der Waals surface area contributed by atoms with Crippen molar-refractivity contribution >= 4 is 5.91 Å². The van der Waals surface area contributed by atoms with E-state index in [1.54, 1.807) is 7.05 Å². The zero-order valence-electron chi connectivity index (χ0n) is 4.41. The average Bonchev–Trinajstić information content (AvgIpc) is 1.38. The fourth-order valence-electron chi connectivity index (χ4n) is 0. The van der Waals surface area contributed by atoms with Gasteiger partial charge < -0.3 is 5.32 Å². The molecule has 0 atom stereocenters. The van der Waals surface area contributed by atoms with Crippen LogP contribution in [0.25, 0.3) is 0 Å². The quantitative estimate of drug-likeness (QED) is 0.304. The van der Waals surface area contributed by atoms with Gasteiger partial charge in [-0.05, 0) is 0 Å². The van der Waals surface area contributed by atoms with Crippen LogP contribution in [0, 0.1) is 0 Å². The molecule has 1 N–H and O–H groups in total. The summed E-state index contributed by atoms with van der Waals surface area (Å²) < 4.78 is 0. The van der Waals surface area contributed by atoms with E-state index in [4.69, 9.17) is 0 Å². The van der Waals surface area contributed by atoms with E-state index in [0.29, 0.717) is 0 Å². The first kappa shape index (κ1) is 9.42. The van der Waals surface area contributed by atoms with Crippen molar-refractivity contribution in [1.29, 1.82) is 0 Å². The molecule has 0 aliphatic heterocycles. The van der Waals surface area contributed by atoms with Crippen molar-refractivity contribution in [2.45, 2.75) is 6.92 Å². The molecule has 0 aromatic carbocycles. The summed E-state index contributed by atoms with van der Waals surface area (Å²) in [4.78, 5) is 9.70. The normalized spacial score (nSPS) is 5.67. The van der Waals surface area contributed by atoms with Crippen LogP contribution in [-0.4, -0.2) is 13.0 Å². The molecule has 0 aromatic heterocycles. The van der Waals surface area contributed by atoms with Gasteiger partial charge in [-0.3, -0.25) is 4.79 Å². The molecule has 30 valence electrons. The first-order valence-electron chi connectivity index (χ1n) is 1.45. The van der Waals surface area contributed by atoms with E-state index < -0.39 is 0 Å². The summed E-state index contributed by atoms with van der Waals surface area (Å²) in [6.07, 6.45) is 0. The second kappa shape index (κ2) is 5.07. The minimum absolute atomic E-state index is 0. The zero-order valence-corrected chi connectivity index (χ0v) is 4.41. The molecule has 0 spiro atoms. The van der Waals surface area contributed by atoms with Gasteiger partial charge in [-0.25, -0.2) is 0 Å². The van der Waals surface area contributed by atoms with Gasteiger partial charge in [-0.1, -0.05) is 0 Å². The van der Waals surface area contributed by atoms with E-state index >= 15 is 0 Å². The maximum Gasteiger partial charge on any atom is 1.00 e. The third-order valence-electron chi connectivity index (χ3n) is 0.352. The van der Waals surface area contributed by atoms with Crippen LogP contribution in [0.2, 0.25) is 0 Å². The van der Waals surface area contributed by atoms with Crippen LogP contribution in [0.3, 0.4) is 0 Å². The number of hydrogen-bond donors (Lipinski definition) is 1. The van der Waals surface area contributed by atoms with E-state index in [0.717, 1.165) is 0 Å². The van der Waals surface area contributed by atoms with Gasteiger partial charge in [0.25, 0.3) is 0 Å². The molecule has 0 unspecified atom stereocenters. The predicted molar refractivity (Wildman–Crippen MR) is 19.7 cm³/mol. The Kier molecular flexibility index (Phi) is 7.95. The Hall–Kier alpha value is 0.0674. The van der Waals surface area contributed by atoms with Gasteiger partial charge in [0.05, 0.1) is 0 Å². The SMILES string of the molecule is CNC(C)=O.[Li+]. The molecule has 0 saturated carbocycles. The molecule has 0 bridgehead atoms. The second-order valence-corrected chi connectivity index (χ2v) is 0.806. The summed E-state index contributed by atoms with van der Waals surface area (Å²) in [5.41, 5.74) is 0. The molecular weight excluding hydrogens is 73.0 g/mol. The summed E-state index contributed by atoms with van der Waals surface area (Å²) in [5.74, 6) is 0.00463. The molecule has 0 heterocycles. The largest absolute Gasteiger partial charge is 1.00 e. The molecule has 6 heavy (non-hydrogen) atoms. The summed E-state index contributed by atoms with van der Waals surface area (Å²) >= 11 is 0. The maximum absolute atomic E-state index is 9.70. The minimum atomic E-state index is 0. The topological polar surface area (TPSA) is 29.1 Å². The second-order valence-electron chi connectivity index (χ2n) is 0.806. The monoisotopic (exact) mass is 80.1 g/mol. The van der Waals surface area contributed by atoms with Crippen molar-refractivity contribution in [3.63, 3.8) is 0 Å². The van der Waals surface area contributed by atoms with Crippen molar-refractivity contribution in [3.05, 3.63) is 0 Å². The van der Waals surface area contributed by atoms with Crippen molar-refractivity contribution in [2.75, 3.05) is 7.05 Å². The Bertz CT molecular complexity index is 46.1. The van der Waals surface area contributed by atoms with E-state index in [9.17, 15) is 4.79 Å². The maximum atomic E-state index is 9.70. The van der Waals surface area contributed by atoms with Crippen LogP contribution in [0.4, 0.5) is 0 Å². The van der Waals surface area contributed by atoms with E-state index in [1.165, 1.54) is 6.92 Å². The summed E-state index contributed by atoms with van der Waals surface area (Å²) in [6, 6.07) is 0. The fraction of sp³-hybridized carbons (Fsp3) is 0.667. The number of amides is 1. The first-order chi connectivity index (χ1) is 2.27. The Morgan fingerprint density at radius 3 is 1.83 bits per heavy atom. The summed E-state index contributed by atoms with van der Waals surface area (Å²) in [7, 11) is 1.60. The van der Waals surface area contributed by atoms with Crippen molar-refractivity contribution in [3.8, 4) is 0 Å². The average molecular weight is 80.0 g/mol. The van der Waals surface area contributed by atoms with E-state index in [1.807, 2.05) is 0 Å². The molecule has 2 nitrogen and oxygen atoms in total. The molecule has 3 heteroatoms. The fourth-order valence-corrected chi connectivity index (χ4v) is 0. The molecule has 0 aliphatic rings. The molecule has 0 aliphatic carbocycles.